The van der Waals surface area contributed by atoms with Gasteiger partial charge in [0.05, 0.1) is 4.47 Å². The molecule has 1 aliphatic rings. The van der Waals surface area contributed by atoms with Crippen molar-refractivity contribution < 1.29 is 0 Å². The van der Waals surface area contributed by atoms with E-state index in [9.17, 15) is 4.79 Å². The van der Waals surface area contributed by atoms with Crippen molar-refractivity contribution in [2.45, 2.75) is 18.9 Å². The Morgan fingerprint density at radius 2 is 2.17 bits per heavy atom. The normalized spacial score (nSPS) is 17.1. The molecule has 1 unspecified atom stereocenters. The highest BCUT2D eigenvalue weighted by Gasteiger charge is 2.25. The third kappa shape index (κ3) is 1.86. The number of nitrogens with two attached hydrogens (primary N) is 1. The zero-order valence-electron chi connectivity index (χ0n) is 9.77. The van der Waals surface area contributed by atoms with Crippen LogP contribution in [0, 0.1) is 0 Å². The van der Waals surface area contributed by atoms with Crippen LogP contribution in [0.1, 0.15) is 17.0 Å². The number of halogens is 1. The molecule has 1 aliphatic carbocycles. The summed E-state index contributed by atoms with van der Waals surface area (Å²) in [5.41, 5.74) is 9.09. The molecule has 0 bridgehead atoms. The molecular formula is C14H13BrN2O. The Kier molecular flexibility index (Phi) is 2.74. The maximum absolute atomic E-state index is 12.0. The highest BCUT2D eigenvalue weighted by atomic mass is 79.9. The Balaban J connectivity index is 1.90. The largest absolute Gasteiger partial charge is 0.398 e. The van der Waals surface area contributed by atoms with Crippen LogP contribution in [-0.2, 0) is 13.0 Å². The Morgan fingerprint density at radius 3 is 2.94 bits per heavy atom. The van der Waals surface area contributed by atoms with E-state index in [4.69, 9.17) is 5.73 Å². The van der Waals surface area contributed by atoms with E-state index in [0.717, 1.165) is 6.42 Å². The number of anilines is 1. The number of benzene rings is 1. The first-order valence-electron chi connectivity index (χ1n) is 5.88. The van der Waals surface area contributed by atoms with Gasteiger partial charge in [0, 0.05) is 24.3 Å². The molecule has 1 heterocycles. The molecule has 0 spiro atoms. The number of nitrogen functional groups attached to an aromatic ring is 1. The topological polar surface area (TPSA) is 48.0 Å². The summed E-state index contributed by atoms with van der Waals surface area (Å²) >= 11 is 3.25. The van der Waals surface area contributed by atoms with Gasteiger partial charge in [0.25, 0.3) is 5.56 Å². The number of fused-ring (bicyclic) bond motifs is 1. The van der Waals surface area contributed by atoms with E-state index < -0.39 is 0 Å². The van der Waals surface area contributed by atoms with Crippen molar-refractivity contribution in [3.8, 4) is 0 Å². The van der Waals surface area contributed by atoms with E-state index in [1.807, 2.05) is 6.07 Å². The Hall–Kier alpha value is -1.55. The summed E-state index contributed by atoms with van der Waals surface area (Å²) in [6.07, 6.45) is 2.75. The van der Waals surface area contributed by atoms with Gasteiger partial charge in [-0.15, -0.1) is 0 Å². The van der Waals surface area contributed by atoms with Crippen molar-refractivity contribution in [3.05, 3.63) is 62.5 Å². The number of hydrogen-bond acceptors (Lipinski definition) is 2. The molecule has 1 aromatic heterocycles. The molecule has 0 saturated heterocycles. The third-order valence-corrected chi connectivity index (χ3v) is 4.01. The molecule has 0 saturated carbocycles. The third-order valence-electron chi connectivity index (χ3n) is 3.44. The first-order chi connectivity index (χ1) is 8.65. The number of pyridine rings is 1. The van der Waals surface area contributed by atoms with E-state index in [-0.39, 0.29) is 5.56 Å². The van der Waals surface area contributed by atoms with Crippen molar-refractivity contribution in [3.63, 3.8) is 0 Å². The fraction of sp³-hybridized carbons (Fsp3) is 0.214. The predicted molar refractivity (Wildman–Crippen MR) is 75.7 cm³/mol. The van der Waals surface area contributed by atoms with Gasteiger partial charge in [-0.1, -0.05) is 24.3 Å². The lowest BCUT2D eigenvalue weighted by Crippen LogP contribution is -2.28. The van der Waals surface area contributed by atoms with E-state index in [1.54, 1.807) is 16.8 Å². The van der Waals surface area contributed by atoms with Gasteiger partial charge in [0.1, 0.15) is 0 Å². The molecule has 3 nitrogen and oxygen atoms in total. The molecule has 1 atom stereocenters. The Morgan fingerprint density at radius 1 is 1.39 bits per heavy atom. The van der Waals surface area contributed by atoms with Crippen molar-refractivity contribution in [2.75, 3.05) is 5.73 Å². The van der Waals surface area contributed by atoms with Crippen LogP contribution < -0.4 is 11.3 Å². The summed E-state index contributed by atoms with van der Waals surface area (Å²) in [5, 5.41) is 0. The molecule has 1 aromatic carbocycles. The summed E-state index contributed by atoms with van der Waals surface area (Å²) in [5.74, 6) is 0.424. The number of rotatable bonds is 2. The van der Waals surface area contributed by atoms with E-state index in [0.29, 0.717) is 22.6 Å². The summed E-state index contributed by atoms with van der Waals surface area (Å²) < 4.78 is 2.22. The van der Waals surface area contributed by atoms with Crippen LogP contribution in [-0.4, -0.2) is 4.57 Å². The molecule has 3 rings (SSSR count). The van der Waals surface area contributed by atoms with Crippen molar-refractivity contribution in [1.82, 2.24) is 4.57 Å². The number of aromatic nitrogens is 1. The van der Waals surface area contributed by atoms with Crippen LogP contribution >= 0.6 is 15.9 Å². The SMILES string of the molecule is Nc1cc(Br)c(=O)n(CC2Cc3ccccc32)c1. The van der Waals surface area contributed by atoms with E-state index >= 15 is 0 Å². The van der Waals surface area contributed by atoms with Gasteiger partial charge in [-0.3, -0.25) is 4.79 Å². The molecule has 0 aliphatic heterocycles. The van der Waals surface area contributed by atoms with Crippen LogP contribution in [0.4, 0.5) is 5.69 Å². The van der Waals surface area contributed by atoms with Crippen molar-refractivity contribution in [1.29, 1.82) is 0 Å². The fourth-order valence-electron chi connectivity index (χ4n) is 2.52. The second-order valence-electron chi connectivity index (χ2n) is 4.68. The van der Waals surface area contributed by atoms with Gasteiger partial charge < -0.3 is 10.3 Å². The highest BCUT2D eigenvalue weighted by molar-refractivity contribution is 9.10. The van der Waals surface area contributed by atoms with Gasteiger partial charge in [0.15, 0.2) is 0 Å². The number of hydrogen-bond donors (Lipinski definition) is 1. The minimum Gasteiger partial charge on any atom is -0.398 e. The van der Waals surface area contributed by atoms with Crippen LogP contribution in [0.3, 0.4) is 0 Å². The molecule has 2 N–H and O–H groups in total. The van der Waals surface area contributed by atoms with E-state index in [1.165, 1.54) is 11.1 Å². The summed E-state index contributed by atoms with van der Waals surface area (Å²) in [6.45, 7) is 0.694. The monoisotopic (exact) mass is 304 g/mol. The van der Waals surface area contributed by atoms with Crippen LogP contribution in [0.15, 0.2) is 45.8 Å². The minimum atomic E-state index is -0.0198. The zero-order chi connectivity index (χ0) is 12.7. The molecule has 0 fully saturated rings. The average Bonchev–Trinajstić information content (AvgIpc) is 2.32. The first-order valence-corrected chi connectivity index (χ1v) is 6.67. The zero-order valence-corrected chi connectivity index (χ0v) is 11.4. The lowest BCUT2D eigenvalue weighted by Gasteiger charge is -2.30. The lowest BCUT2D eigenvalue weighted by molar-refractivity contribution is 0.498. The summed E-state index contributed by atoms with van der Waals surface area (Å²) in [7, 11) is 0. The Bertz CT molecular complexity index is 663. The second kappa shape index (κ2) is 4.28. The molecular weight excluding hydrogens is 292 g/mol. The Labute approximate surface area is 113 Å². The second-order valence-corrected chi connectivity index (χ2v) is 5.53. The van der Waals surface area contributed by atoms with E-state index in [2.05, 4.69) is 34.1 Å². The molecule has 0 radical (unpaired) electrons. The lowest BCUT2D eigenvalue weighted by atomic mass is 9.77. The number of nitrogens with zero attached hydrogens (tertiary/aromatic N) is 1. The molecule has 2 aromatic rings. The predicted octanol–water partition coefficient (Wildman–Crippen LogP) is 2.53. The smallest absolute Gasteiger partial charge is 0.264 e. The molecule has 18 heavy (non-hydrogen) atoms. The van der Waals surface area contributed by atoms with Gasteiger partial charge in [-0.05, 0) is 39.5 Å². The summed E-state index contributed by atoms with van der Waals surface area (Å²) in [4.78, 5) is 12.0. The van der Waals surface area contributed by atoms with Gasteiger partial charge in [-0.25, -0.2) is 0 Å². The minimum absolute atomic E-state index is 0.0198. The van der Waals surface area contributed by atoms with Crippen LogP contribution in [0.5, 0.6) is 0 Å². The standard InChI is InChI=1S/C14H13BrN2O/c15-13-6-11(16)8-17(14(13)18)7-10-5-9-3-1-2-4-12(9)10/h1-4,6,8,10H,5,7,16H2. The molecule has 92 valence electrons. The average molecular weight is 305 g/mol. The van der Waals surface area contributed by atoms with Crippen LogP contribution in [0.2, 0.25) is 0 Å². The molecule has 0 amide bonds. The fourth-order valence-corrected chi connectivity index (χ4v) is 3.01. The van der Waals surface area contributed by atoms with Gasteiger partial charge in [-0.2, -0.15) is 0 Å². The van der Waals surface area contributed by atoms with Crippen molar-refractivity contribution >= 4 is 21.6 Å². The molecule has 4 heteroatoms. The summed E-state index contributed by atoms with van der Waals surface area (Å²) in [6, 6.07) is 10.0. The van der Waals surface area contributed by atoms with Gasteiger partial charge >= 0.3 is 0 Å². The first kappa shape index (κ1) is 11.5. The maximum Gasteiger partial charge on any atom is 0.264 e. The maximum atomic E-state index is 12.0. The van der Waals surface area contributed by atoms with Crippen molar-refractivity contribution in [2.24, 2.45) is 0 Å². The van der Waals surface area contributed by atoms with Gasteiger partial charge in [0.2, 0.25) is 0 Å². The van der Waals surface area contributed by atoms with Crippen LogP contribution in [0.25, 0.3) is 0 Å². The quantitative estimate of drug-likeness (QED) is 0.927. The highest BCUT2D eigenvalue weighted by Crippen LogP contribution is 2.35.